The zero-order chi connectivity index (χ0) is 52.3. The predicted octanol–water partition coefficient (Wildman–Crippen LogP) is 11.5. The molecule has 0 radical (unpaired) electrons. The normalized spacial score (nSPS) is 17.9. The van der Waals surface area contributed by atoms with Crippen molar-refractivity contribution < 1.29 is 34.1 Å². The van der Waals surface area contributed by atoms with Crippen LogP contribution in [-0.4, -0.2) is 127 Å². The summed E-state index contributed by atoms with van der Waals surface area (Å²) in [6.45, 7) is 8.82. The molecule has 0 aliphatic carbocycles. The summed E-state index contributed by atoms with van der Waals surface area (Å²) in [4.78, 5) is 62.3. The summed E-state index contributed by atoms with van der Waals surface area (Å²) < 4.78 is 11.9. The maximum Gasteiger partial charge on any atom is 0.254 e. The van der Waals surface area contributed by atoms with Crippen molar-refractivity contribution in [2.75, 3.05) is 78.7 Å². The lowest BCUT2D eigenvalue weighted by atomic mass is 9.93. The Balaban J connectivity index is 0.000000246. The number of carbonyl (C=O) groups excluding carboxylic acids is 4. The monoisotopic (exact) mass is 1100 g/mol. The van der Waals surface area contributed by atoms with Crippen LogP contribution in [0.25, 0.3) is 24.3 Å². The van der Waals surface area contributed by atoms with E-state index in [1.165, 1.54) is 38.5 Å². The number of ether oxygens (including phenoxy) is 2. The highest BCUT2D eigenvalue weighted by Crippen LogP contribution is 2.27. The van der Waals surface area contributed by atoms with Crippen LogP contribution in [0.1, 0.15) is 81.5 Å². The Hall–Kier alpha value is -7.38. The summed E-state index contributed by atoms with van der Waals surface area (Å²) in [5.41, 5.74) is 7.36. The van der Waals surface area contributed by atoms with Crippen molar-refractivity contribution in [2.45, 2.75) is 38.5 Å². The van der Waals surface area contributed by atoms with Gasteiger partial charge in [0.05, 0.1) is 26.2 Å². The second-order valence-corrected chi connectivity index (χ2v) is 19.9. The molecule has 0 bridgehead atoms. The second kappa shape index (κ2) is 31.3. The molecule has 4 aliphatic rings. The Bertz CT molecular complexity index is 2680. The fourth-order valence-corrected chi connectivity index (χ4v) is 10.1. The average Bonchev–Trinajstić information content (AvgIpc) is 3.48. The molecule has 11 nitrogen and oxygen atoms in total. The molecular weight excluding hydrogens is 1030 g/mol. The van der Waals surface area contributed by atoms with Crippen molar-refractivity contribution in [1.29, 1.82) is 0 Å². The van der Waals surface area contributed by atoms with Crippen molar-refractivity contribution in [2.24, 2.45) is 0 Å². The first kappa shape index (κ1) is 60.8. The maximum atomic E-state index is 13.5. The van der Waals surface area contributed by atoms with Gasteiger partial charge in [0.1, 0.15) is 24.7 Å². The molecule has 79 heavy (non-hydrogen) atoms. The first-order valence-electron chi connectivity index (χ1n) is 26.9. The lowest BCUT2D eigenvalue weighted by molar-refractivity contribution is -0.114. The number of benzene rings is 6. The summed E-state index contributed by atoms with van der Waals surface area (Å²) in [5.74, 6) is 1.30. The third kappa shape index (κ3) is 17.8. The van der Waals surface area contributed by atoms with Crippen LogP contribution in [0.3, 0.4) is 0 Å². The van der Waals surface area contributed by atoms with Gasteiger partial charge in [-0.15, -0.1) is 24.8 Å². The van der Waals surface area contributed by atoms with Gasteiger partial charge in [-0.1, -0.05) is 134 Å². The summed E-state index contributed by atoms with van der Waals surface area (Å²) in [6, 6.07) is 53.8. The molecule has 4 saturated heterocycles. The van der Waals surface area contributed by atoms with Gasteiger partial charge in [-0.05, 0) is 147 Å². The molecule has 2 N–H and O–H groups in total. The van der Waals surface area contributed by atoms with Gasteiger partial charge in [0.15, 0.2) is 11.6 Å². The molecule has 0 saturated carbocycles. The van der Waals surface area contributed by atoms with Gasteiger partial charge in [-0.2, -0.15) is 0 Å². The van der Waals surface area contributed by atoms with Gasteiger partial charge in [0.25, 0.3) is 11.8 Å². The lowest BCUT2D eigenvalue weighted by Gasteiger charge is -2.30. The number of hydrogen-bond acceptors (Lipinski definition) is 8. The molecule has 0 atom stereocenters. The quantitative estimate of drug-likeness (QED) is 0.0986. The largest absolute Gasteiger partial charge is 0.492 e. The Morgan fingerprint density at radius 3 is 0.911 bits per heavy atom. The van der Waals surface area contributed by atoms with Crippen LogP contribution in [0, 0.1) is 0 Å². The molecule has 6 aromatic carbocycles. The summed E-state index contributed by atoms with van der Waals surface area (Å²) in [5, 5.41) is 0. The molecule has 4 fully saturated rings. The lowest BCUT2D eigenvalue weighted by Crippen LogP contribution is -2.41. The molecule has 10 rings (SSSR count). The smallest absolute Gasteiger partial charge is 0.254 e. The minimum Gasteiger partial charge on any atom is -0.492 e. The van der Waals surface area contributed by atoms with E-state index in [-0.39, 0.29) is 79.9 Å². The Labute approximate surface area is 478 Å². The third-order valence-corrected chi connectivity index (χ3v) is 14.2. The van der Waals surface area contributed by atoms with E-state index < -0.39 is 0 Å². The van der Waals surface area contributed by atoms with Crippen molar-refractivity contribution >= 4 is 72.5 Å². The van der Waals surface area contributed by atoms with Crippen LogP contribution in [-0.2, 0) is 9.59 Å². The van der Waals surface area contributed by atoms with Crippen LogP contribution in [0.5, 0.6) is 11.5 Å². The summed E-state index contributed by atoms with van der Waals surface area (Å²) in [6.07, 6.45) is 15.3. The second-order valence-electron chi connectivity index (χ2n) is 19.9. The highest BCUT2D eigenvalue weighted by atomic mass is 35.5. The number of hydrogen-bond donors (Lipinski definition) is 0. The SMILES string of the molecule is Cl.Cl.O.O=C1C(=Cc2ccccc2)CN(C(=O)c2ccc(OCCN3CCCCC3)cc2)CC1=Cc1ccccc1.O=C1C(=Cc2ccccc2)CN(C(=O)c2ccc(OCCN3CCCCC3)cc2)CC1=Cc1ccccc1. The molecule has 6 aromatic rings. The zero-order valence-electron chi connectivity index (χ0n) is 44.8. The Kier molecular flexibility index (Phi) is 24.1. The fourth-order valence-electron chi connectivity index (χ4n) is 10.1. The summed E-state index contributed by atoms with van der Waals surface area (Å²) in [7, 11) is 0. The standard InChI is InChI=1S/2C33H34N2O3.2ClH.H2O/c2*36-32-29(22-26-10-4-1-5-11-26)24-35(25-30(32)23-27-12-6-2-7-13-27)33(37)28-14-16-31(17-15-28)38-21-20-34-18-8-3-9-19-34;;;/h2*1-2,4-7,10-17,22-23H,3,8-9,18-21,24-25H2;2*1H;1H2. The van der Waals surface area contributed by atoms with Gasteiger partial charge in [-0.25, -0.2) is 0 Å². The number of rotatable bonds is 14. The van der Waals surface area contributed by atoms with E-state index in [9.17, 15) is 19.2 Å². The zero-order valence-corrected chi connectivity index (χ0v) is 46.4. The van der Waals surface area contributed by atoms with E-state index >= 15 is 0 Å². The number of nitrogens with zero attached hydrogens (tertiary/aromatic N) is 4. The van der Waals surface area contributed by atoms with Crippen molar-refractivity contribution in [3.63, 3.8) is 0 Å². The minimum atomic E-state index is -0.102. The molecular formula is C66H72Cl2N4O7. The van der Waals surface area contributed by atoms with Crippen LogP contribution in [0.15, 0.2) is 192 Å². The number of amides is 2. The van der Waals surface area contributed by atoms with Crippen molar-refractivity contribution in [1.82, 2.24) is 19.6 Å². The number of Topliss-reactive ketones (excluding diaryl/α,β-unsaturated/α-hetero) is 2. The van der Waals surface area contributed by atoms with Gasteiger partial charge in [-0.3, -0.25) is 29.0 Å². The predicted molar refractivity (Wildman–Crippen MR) is 322 cm³/mol. The highest BCUT2D eigenvalue weighted by Gasteiger charge is 2.31. The molecule has 412 valence electrons. The summed E-state index contributed by atoms with van der Waals surface area (Å²) >= 11 is 0. The molecule has 4 heterocycles. The van der Waals surface area contributed by atoms with Crippen LogP contribution in [0.2, 0.25) is 0 Å². The number of carbonyl (C=O) groups is 4. The van der Waals surface area contributed by atoms with Gasteiger partial charge < -0.3 is 24.7 Å². The Morgan fingerprint density at radius 2 is 0.646 bits per heavy atom. The molecule has 0 aromatic heterocycles. The van der Waals surface area contributed by atoms with E-state index in [2.05, 4.69) is 9.80 Å². The van der Waals surface area contributed by atoms with Crippen molar-refractivity contribution in [3.8, 4) is 11.5 Å². The van der Waals surface area contributed by atoms with Gasteiger partial charge in [0, 0.05) is 46.5 Å². The molecule has 0 spiro atoms. The topological polar surface area (TPSA) is 131 Å². The van der Waals surface area contributed by atoms with E-state index in [1.54, 1.807) is 9.80 Å². The maximum absolute atomic E-state index is 13.5. The van der Waals surface area contributed by atoms with Crippen LogP contribution < -0.4 is 9.47 Å². The number of piperidine rings is 4. The number of ketones is 2. The van der Waals surface area contributed by atoms with Crippen LogP contribution >= 0.6 is 24.8 Å². The Morgan fingerprint density at radius 1 is 0.380 bits per heavy atom. The van der Waals surface area contributed by atoms with Gasteiger partial charge in [0.2, 0.25) is 0 Å². The van der Waals surface area contributed by atoms with E-state index in [4.69, 9.17) is 9.47 Å². The molecule has 0 unspecified atom stereocenters. The van der Waals surface area contributed by atoms with E-state index in [1.807, 2.05) is 194 Å². The first-order valence-corrected chi connectivity index (χ1v) is 26.9. The van der Waals surface area contributed by atoms with Gasteiger partial charge >= 0.3 is 0 Å². The molecule has 13 heteroatoms. The van der Waals surface area contributed by atoms with E-state index in [0.717, 1.165) is 73.0 Å². The van der Waals surface area contributed by atoms with E-state index in [0.29, 0.717) is 46.6 Å². The van der Waals surface area contributed by atoms with Crippen molar-refractivity contribution in [3.05, 3.63) is 226 Å². The third-order valence-electron chi connectivity index (χ3n) is 14.2. The number of halogens is 2. The van der Waals surface area contributed by atoms with Crippen LogP contribution in [0.4, 0.5) is 0 Å². The average molecular weight is 1100 g/mol. The molecule has 2 amide bonds. The fraction of sp³-hybridized carbons (Fsp3) is 0.273. The first-order chi connectivity index (χ1) is 37.3. The highest BCUT2D eigenvalue weighted by molar-refractivity contribution is 6.17. The number of likely N-dealkylation sites (tertiary alicyclic amines) is 4. The minimum absolute atomic E-state index is 0. The molecule has 4 aliphatic heterocycles.